The first-order valence-corrected chi connectivity index (χ1v) is 8.39. The van der Waals surface area contributed by atoms with Gasteiger partial charge in [-0.1, -0.05) is 25.1 Å². The molecule has 3 amide bonds. The van der Waals surface area contributed by atoms with E-state index in [0.717, 1.165) is 13.1 Å². The molecule has 3 aliphatic rings. The van der Waals surface area contributed by atoms with E-state index < -0.39 is 0 Å². The van der Waals surface area contributed by atoms with Crippen molar-refractivity contribution in [2.75, 3.05) is 25.0 Å². The summed E-state index contributed by atoms with van der Waals surface area (Å²) in [5.74, 6) is 0.217. The standard InChI is InChI=1S/C17H23N5O2/c1-10-8-21(12-7-5-4-6-11(12)2)16-18-14-13(22(16)9-10)15(23)19-17(24)20(14)3/h4-7,10,13-14,16,18H,8-9H2,1-3H3,(H,19,23,24). The van der Waals surface area contributed by atoms with Crippen molar-refractivity contribution in [3.63, 3.8) is 0 Å². The number of urea groups is 1. The lowest BCUT2D eigenvalue weighted by atomic mass is 10.0. The lowest BCUT2D eigenvalue weighted by Crippen LogP contribution is -2.65. The second-order valence-corrected chi connectivity index (χ2v) is 7.08. The molecule has 7 heteroatoms. The van der Waals surface area contributed by atoms with Crippen molar-refractivity contribution in [2.45, 2.75) is 32.3 Å². The molecule has 128 valence electrons. The molecule has 2 N–H and O–H groups in total. The Morgan fingerprint density at radius 2 is 1.92 bits per heavy atom. The number of nitrogens with one attached hydrogen (secondary N) is 2. The molecule has 7 nitrogen and oxygen atoms in total. The zero-order valence-electron chi connectivity index (χ0n) is 14.2. The van der Waals surface area contributed by atoms with E-state index in [9.17, 15) is 9.59 Å². The largest absolute Gasteiger partial charge is 0.343 e. The molecule has 0 aromatic heterocycles. The number of imide groups is 1. The molecule has 0 spiro atoms. The minimum absolute atomic E-state index is 0.0867. The number of benzene rings is 1. The van der Waals surface area contributed by atoms with Crippen LogP contribution in [0.3, 0.4) is 0 Å². The topological polar surface area (TPSA) is 67.9 Å². The highest BCUT2D eigenvalue weighted by Gasteiger charge is 2.54. The van der Waals surface area contributed by atoms with Crippen LogP contribution < -0.4 is 15.5 Å². The van der Waals surface area contributed by atoms with Crippen molar-refractivity contribution >= 4 is 17.6 Å². The average molecular weight is 329 g/mol. The minimum Gasteiger partial charge on any atom is -0.343 e. The van der Waals surface area contributed by atoms with Crippen molar-refractivity contribution in [2.24, 2.45) is 5.92 Å². The number of rotatable bonds is 1. The van der Waals surface area contributed by atoms with E-state index in [0.29, 0.717) is 5.92 Å². The first kappa shape index (κ1) is 15.4. The summed E-state index contributed by atoms with van der Waals surface area (Å²) in [5.41, 5.74) is 2.37. The van der Waals surface area contributed by atoms with Crippen LogP contribution in [0.5, 0.6) is 0 Å². The zero-order valence-corrected chi connectivity index (χ0v) is 14.2. The summed E-state index contributed by atoms with van der Waals surface area (Å²) in [6.07, 6.45) is -0.385. The second-order valence-electron chi connectivity index (χ2n) is 7.08. The molecule has 4 unspecified atom stereocenters. The molecule has 4 atom stereocenters. The van der Waals surface area contributed by atoms with Crippen molar-refractivity contribution < 1.29 is 9.59 Å². The number of likely N-dealkylation sites (N-methyl/N-ethyl adjacent to an activating group) is 1. The summed E-state index contributed by atoms with van der Waals surface area (Å²) in [5, 5.41) is 5.96. The highest BCUT2D eigenvalue weighted by atomic mass is 16.2. The number of aryl methyl sites for hydroxylation is 1. The van der Waals surface area contributed by atoms with Gasteiger partial charge in [-0.05, 0) is 24.5 Å². The lowest BCUT2D eigenvalue weighted by molar-refractivity contribution is -0.128. The first-order valence-electron chi connectivity index (χ1n) is 8.39. The molecule has 3 heterocycles. The maximum absolute atomic E-state index is 12.4. The van der Waals surface area contributed by atoms with E-state index in [1.54, 1.807) is 11.9 Å². The Morgan fingerprint density at radius 3 is 2.67 bits per heavy atom. The fourth-order valence-electron chi connectivity index (χ4n) is 4.14. The number of fused-ring (bicyclic) bond motifs is 3. The van der Waals surface area contributed by atoms with Crippen LogP contribution in [0.1, 0.15) is 12.5 Å². The van der Waals surface area contributed by atoms with E-state index >= 15 is 0 Å². The number of anilines is 1. The maximum atomic E-state index is 12.4. The molecule has 0 saturated carbocycles. The van der Waals surface area contributed by atoms with Gasteiger partial charge in [-0.15, -0.1) is 0 Å². The van der Waals surface area contributed by atoms with E-state index in [4.69, 9.17) is 0 Å². The van der Waals surface area contributed by atoms with Gasteiger partial charge in [0, 0.05) is 25.8 Å². The number of nitrogens with zero attached hydrogens (tertiary/aromatic N) is 3. The summed E-state index contributed by atoms with van der Waals surface area (Å²) in [4.78, 5) is 30.5. The van der Waals surface area contributed by atoms with Crippen LogP contribution in [-0.2, 0) is 4.79 Å². The Kier molecular flexibility index (Phi) is 3.51. The van der Waals surface area contributed by atoms with E-state index in [2.05, 4.69) is 46.4 Å². The minimum atomic E-state index is -0.355. The van der Waals surface area contributed by atoms with Crippen LogP contribution >= 0.6 is 0 Å². The van der Waals surface area contributed by atoms with Crippen LogP contribution in [0, 0.1) is 12.8 Å². The highest BCUT2D eigenvalue weighted by molar-refractivity contribution is 6.00. The van der Waals surface area contributed by atoms with Gasteiger partial charge in [0.2, 0.25) is 5.91 Å². The summed E-state index contributed by atoms with van der Waals surface area (Å²) in [6, 6.07) is 7.59. The SMILES string of the molecule is Cc1ccccc1N1CC(C)CN2C3C(=O)NC(=O)N(C)C3NC12. The third-order valence-electron chi connectivity index (χ3n) is 5.28. The van der Waals surface area contributed by atoms with Crippen LogP contribution in [-0.4, -0.2) is 60.4 Å². The molecular weight excluding hydrogens is 306 g/mol. The smallest absolute Gasteiger partial charge is 0.325 e. The fourth-order valence-corrected chi connectivity index (χ4v) is 4.14. The second kappa shape index (κ2) is 5.46. The first-order chi connectivity index (χ1) is 11.5. The van der Waals surface area contributed by atoms with E-state index in [1.807, 2.05) is 12.1 Å². The number of amides is 3. The third-order valence-corrected chi connectivity index (χ3v) is 5.28. The molecule has 1 aromatic rings. The number of carbonyl (C=O) groups excluding carboxylic acids is 2. The normalized spacial score (nSPS) is 33.3. The van der Waals surface area contributed by atoms with Gasteiger partial charge in [0.25, 0.3) is 0 Å². The summed E-state index contributed by atoms with van der Waals surface area (Å²) >= 11 is 0. The van der Waals surface area contributed by atoms with E-state index in [1.165, 1.54) is 11.3 Å². The van der Waals surface area contributed by atoms with Crippen LogP contribution in [0.2, 0.25) is 0 Å². The fraction of sp³-hybridized carbons (Fsp3) is 0.529. The van der Waals surface area contributed by atoms with Crippen molar-refractivity contribution in [1.29, 1.82) is 0 Å². The third kappa shape index (κ3) is 2.19. The summed E-state index contributed by atoms with van der Waals surface area (Å²) < 4.78 is 0. The monoisotopic (exact) mass is 329 g/mol. The quantitative estimate of drug-likeness (QED) is 0.786. The molecule has 3 saturated heterocycles. The van der Waals surface area contributed by atoms with Crippen LogP contribution in [0.15, 0.2) is 24.3 Å². The predicted octanol–water partition coefficient (Wildman–Crippen LogP) is 0.516. The van der Waals surface area contributed by atoms with Crippen LogP contribution in [0.4, 0.5) is 10.5 Å². The Bertz CT molecular complexity index is 693. The number of hydrogen-bond donors (Lipinski definition) is 2. The van der Waals surface area contributed by atoms with Gasteiger partial charge in [-0.25, -0.2) is 4.79 Å². The maximum Gasteiger partial charge on any atom is 0.325 e. The number of para-hydroxylation sites is 1. The van der Waals surface area contributed by atoms with Gasteiger partial charge in [-0.2, -0.15) is 0 Å². The molecule has 0 aliphatic carbocycles. The Morgan fingerprint density at radius 1 is 1.17 bits per heavy atom. The lowest BCUT2D eigenvalue weighted by Gasteiger charge is -2.45. The molecule has 24 heavy (non-hydrogen) atoms. The van der Waals surface area contributed by atoms with Gasteiger partial charge >= 0.3 is 6.03 Å². The number of hydrogen-bond acceptors (Lipinski definition) is 5. The highest BCUT2D eigenvalue weighted by Crippen LogP contribution is 2.33. The molecular formula is C17H23N5O2. The molecule has 4 rings (SSSR count). The molecule has 1 aromatic carbocycles. The van der Waals surface area contributed by atoms with Crippen LogP contribution in [0.25, 0.3) is 0 Å². The molecule has 0 radical (unpaired) electrons. The molecule has 0 bridgehead atoms. The van der Waals surface area contributed by atoms with E-state index in [-0.39, 0.29) is 30.4 Å². The summed E-state index contributed by atoms with van der Waals surface area (Å²) in [7, 11) is 1.73. The van der Waals surface area contributed by atoms with Crippen molar-refractivity contribution in [3.8, 4) is 0 Å². The zero-order chi connectivity index (χ0) is 17.0. The predicted molar refractivity (Wildman–Crippen MR) is 90.2 cm³/mol. The Labute approximate surface area is 141 Å². The van der Waals surface area contributed by atoms with Crippen molar-refractivity contribution in [3.05, 3.63) is 29.8 Å². The van der Waals surface area contributed by atoms with Gasteiger partial charge in [0.15, 0.2) is 0 Å². The summed E-state index contributed by atoms with van der Waals surface area (Å²) in [6.45, 7) is 6.04. The Hall–Kier alpha value is -2.12. The molecule has 3 fully saturated rings. The Balaban J connectivity index is 1.72. The average Bonchev–Trinajstić information content (AvgIpc) is 2.92. The van der Waals surface area contributed by atoms with Gasteiger partial charge in [-0.3, -0.25) is 20.3 Å². The van der Waals surface area contributed by atoms with Gasteiger partial charge < -0.3 is 9.80 Å². The number of carbonyl (C=O) groups is 2. The molecule has 3 aliphatic heterocycles. The van der Waals surface area contributed by atoms with Crippen molar-refractivity contribution in [1.82, 2.24) is 20.4 Å². The van der Waals surface area contributed by atoms with Gasteiger partial charge in [0.05, 0.1) is 0 Å². The van der Waals surface area contributed by atoms with Gasteiger partial charge in [0.1, 0.15) is 18.5 Å².